The van der Waals surface area contributed by atoms with Gasteiger partial charge in [-0.25, -0.2) is 0 Å². The van der Waals surface area contributed by atoms with Gasteiger partial charge in [-0.05, 0) is 72.1 Å². The minimum absolute atomic E-state index is 0.00310. The van der Waals surface area contributed by atoms with Gasteiger partial charge in [-0.1, -0.05) is 48.5 Å². The lowest BCUT2D eigenvalue weighted by Crippen LogP contribution is -2.51. The maximum atomic E-state index is 14.4. The third-order valence-corrected chi connectivity index (χ3v) is 8.58. The number of carbonyl (C=O) groups is 2. The minimum atomic E-state index is -0.452. The molecule has 3 heterocycles. The van der Waals surface area contributed by atoms with Crippen LogP contribution in [0.1, 0.15) is 57.4 Å². The van der Waals surface area contributed by atoms with E-state index in [0.29, 0.717) is 35.9 Å². The van der Waals surface area contributed by atoms with Crippen LogP contribution in [0.25, 0.3) is 0 Å². The first-order chi connectivity index (χ1) is 18.6. The molecule has 1 saturated heterocycles. The first-order valence-electron chi connectivity index (χ1n) is 13.6. The summed E-state index contributed by atoms with van der Waals surface area (Å²) < 4.78 is 11.2. The summed E-state index contributed by atoms with van der Waals surface area (Å²) in [5.41, 5.74) is 4.92. The Bertz CT molecular complexity index is 1350. The predicted octanol–water partition coefficient (Wildman–Crippen LogP) is 5.02. The topological polar surface area (TPSA) is 59.1 Å². The second-order valence-corrected chi connectivity index (χ2v) is 10.6. The van der Waals surface area contributed by atoms with Gasteiger partial charge in [0.1, 0.15) is 0 Å². The minimum Gasteiger partial charge on any atom is -0.493 e. The van der Waals surface area contributed by atoms with Gasteiger partial charge in [0.25, 0.3) is 5.91 Å². The molecule has 3 aromatic rings. The van der Waals surface area contributed by atoms with E-state index in [2.05, 4.69) is 30.3 Å². The fourth-order valence-electron chi connectivity index (χ4n) is 6.62. The molecule has 6 rings (SSSR count). The molecule has 3 aliphatic heterocycles. The molecule has 3 aromatic carbocycles. The van der Waals surface area contributed by atoms with Crippen LogP contribution in [0, 0.1) is 5.92 Å². The number of hydrogen-bond donors (Lipinski definition) is 0. The van der Waals surface area contributed by atoms with Crippen molar-refractivity contribution in [3.63, 3.8) is 0 Å². The summed E-state index contributed by atoms with van der Waals surface area (Å²) >= 11 is 0. The highest BCUT2D eigenvalue weighted by molar-refractivity contribution is 6.01. The summed E-state index contributed by atoms with van der Waals surface area (Å²) in [6.45, 7) is 2.06. The fraction of sp³-hybridized carbons (Fsp3) is 0.375. The molecule has 0 bridgehead atoms. The average molecular weight is 511 g/mol. The van der Waals surface area contributed by atoms with Crippen LogP contribution in [-0.2, 0) is 17.6 Å². The van der Waals surface area contributed by atoms with Crippen molar-refractivity contribution >= 4 is 11.8 Å². The molecule has 0 N–H and O–H groups in total. The Morgan fingerprint density at radius 2 is 1.55 bits per heavy atom. The zero-order valence-electron chi connectivity index (χ0n) is 22.1. The summed E-state index contributed by atoms with van der Waals surface area (Å²) in [7, 11) is 3.25. The molecule has 3 aliphatic rings. The van der Waals surface area contributed by atoms with Crippen molar-refractivity contribution in [2.24, 2.45) is 5.92 Å². The standard InChI is InChI=1S/C32H34N2O4/c1-37-27-19-23-14-17-34-30(26(23)20-28(27)38-2)29(24-10-6-7-11-25(24)31(34)35)32(36)33-15-12-22(13-16-33)18-21-8-4-3-5-9-21/h3-11,19-20,22,29-30H,12-18H2,1-2H3/t29-,30+/m0/s1. The smallest absolute Gasteiger partial charge is 0.254 e. The summed E-state index contributed by atoms with van der Waals surface area (Å²) in [6.07, 6.45) is 3.74. The number of benzene rings is 3. The van der Waals surface area contributed by atoms with Crippen molar-refractivity contribution in [1.29, 1.82) is 0 Å². The van der Waals surface area contributed by atoms with Gasteiger partial charge >= 0.3 is 0 Å². The van der Waals surface area contributed by atoms with Crippen molar-refractivity contribution in [2.45, 2.75) is 37.6 Å². The Hall–Kier alpha value is -3.80. The molecule has 0 unspecified atom stereocenters. The summed E-state index contributed by atoms with van der Waals surface area (Å²) in [4.78, 5) is 31.9. The number of rotatable bonds is 5. The Morgan fingerprint density at radius 1 is 0.868 bits per heavy atom. The van der Waals surface area contributed by atoms with E-state index in [9.17, 15) is 9.59 Å². The maximum absolute atomic E-state index is 14.4. The number of nitrogens with zero attached hydrogens (tertiary/aromatic N) is 2. The first kappa shape index (κ1) is 24.5. The van der Waals surface area contributed by atoms with Gasteiger partial charge in [-0.15, -0.1) is 0 Å². The number of hydrogen-bond acceptors (Lipinski definition) is 4. The first-order valence-corrected chi connectivity index (χ1v) is 13.6. The van der Waals surface area contributed by atoms with Crippen LogP contribution < -0.4 is 9.47 Å². The van der Waals surface area contributed by atoms with Crippen molar-refractivity contribution in [2.75, 3.05) is 33.9 Å². The third-order valence-electron chi connectivity index (χ3n) is 8.58. The molecule has 0 aromatic heterocycles. The maximum Gasteiger partial charge on any atom is 0.254 e. The number of piperidine rings is 1. The van der Waals surface area contributed by atoms with E-state index in [1.807, 2.05) is 46.2 Å². The second kappa shape index (κ2) is 10.2. The lowest BCUT2D eigenvalue weighted by atomic mass is 9.75. The van der Waals surface area contributed by atoms with Crippen molar-refractivity contribution < 1.29 is 19.1 Å². The quantitative estimate of drug-likeness (QED) is 0.484. The third kappa shape index (κ3) is 4.22. The van der Waals surface area contributed by atoms with Crippen LogP contribution in [0.5, 0.6) is 11.5 Å². The van der Waals surface area contributed by atoms with Crippen LogP contribution in [-0.4, -0.2) is 55.5 Å². The Balaban J connectivity index is 1.33. The number of likely N-dealkylation sites (tertiary alicyclic amines) is 1. The van der Waals surface area contributed by atoms with Crippen molar-refractivity contribution in [3.05, 3.63) is 94.5 Å². The van der Waals surface area contributed by atoms with Gasteiger partial charge in [-0.3, -0.25) is 9.59 Å². The molecule has 6 heteroatoms. The summed E-state index contributed by atoms with van der Waals surface area (Å²) in [5, 5.41) is 0. The predicted molar refractivity (Wildman–Crippen MR) is 146 cm³/mol. The molecule has 0 spiro atoms. The second-order valence-electron chi connectivity index (χ2n) is 10.6. The molecule has 0 radical (unpaired) electrons. The highest BCUT2D eigenvalue weighted by atomic mass is 16.5. The largest absolute Gasteiger partial charge is 0.493 e. The zero-order chi connectivity index (χ0) is 26.2. The highest BCUT2D eigenvalue weighted by Gasteiger charge is 2.48. The van der Waals surface area contributed by atoms with E-state index in [4.69, 9.17) is 9.47 Å². The molecular formula is C32H34N2O4. The number of methoxy groups -OCH3 is 2. The van der Waals surface area contributed by atoms with E-state index in [-0.39, 0.29) is 17.9 Å². The normalized spacial score (nSPS) is 20.8. The molecule has 0 saturated carbocycles. The molecule has 38 heavy (non-hydrogen) atoms. The molecule has 2 amide bonds. The molecule has 1 fully saturated rings. The van der Waals surface area contributed by atoms with E-state index < -0.39 is 5.92 Å². The van der Waals surface area contributed by atoms with Gasteiger partial charge in [0.05, 0.1) is 26.2 Å². The van der Waals surface area contributed by atoms with E-state index in [0.717, 1.165) is 49.0 Å². The van der Waals surface area contributed by atoms with E-state index in [1.165, 1.54) is 5.56 Å². The number of ether oxygens (including phenoxy) is 2. The zero-order valence-corrected chi connectivity index (χ0v) is 22.1. The van der Waals surface area contributed by atoms with Gasteiger partial charge in [0, 0.05) is 25.2 Å². The Kier molecular flexibility index (Phi) is 6.56. The lowest BCUT2D eigenvalue weighted by molar-refractivity contribution is -0.136. The lowest BCUT2D eigenvalue weighted by Gasteiger charge is -2.47. The number of carbonyl (C=O) groups excluding carboxylic acids is 2. The van der Waals surface area contributed by atoms with Crippen LogP contribution in [0.2, 0.25) is 0 Å². The molecule has 196 valence electrons. The average Bonchev–Trinajstić information content (AvgIpc) is 2.97. The summed E-state index contributed by atoms with van der Waals surface area (Å²) in [5.74, 6) is 1.52. The van der Waals surface area contributed by atoms with Crippen LogP contribution in [0.3, 0.4) is 0 Å². The van der Waals surface area contributed by atoms with Gasteiger partial charge < -0.3 is 19.3 Å². The molecule has 6 nitrogen and oxygen atoms in total. The molecule has 0 aliphatic carbocycles. The Morgan fingerprint density at radius 3 is 2.29 bits per heavy atom. The van der Waals surface area contributed by atoms with E-state index in [1.54, 1.807) is 14.2 Å². The van der Waals surface area contributed by atoms with Crippen LogP contribution in [0.4, 0.5) is 0 Å². The van der Waals surface area contributed by atoms with Gasteiger partial charge in [0.2, 0.25) is 5.91 Å². The SMILES string of the molecule is COc1cc2c(cc1OC)[C@@H]1[C@@H](C(=O)N3CCC(Cc4ccccc4)CC3)c3ccccc3C(=O)N1CC2. The van der Waals surface area contributed by atoms with Gasteiger partial charge in [-0.2, -0.15) is 0 Å². The molecule has 2 atom stereocenters. The van der Waals surface area contributed by atoms with E-state index >= 15 is 0 Å². The highest BCUT2D eigenvalue weighted by Crippen LogP contribution is 2.49. The number of fused-ring (bicyclic) bond motifs is 4. The van der Waals surface area contributed by atoms with Gasteiger partial charge in [0.15, 0.2) is 11.5 Å². The Labute approximate surface area is 224 Å². The number of amides is 2. The fourth-order valence-corrected chi connectivity index (χ4v) is 6.62. The molecular weight excluding hydrogens is 476 g/mol. The van der Waals surface area contributed by atoms with Crippen LogP contribution >= 0.6 is 0 Å². The summed E-state index contributed by atoms with van der Waals surface area (Å²) in [6, 6.07) is 21.9. The van der Waals surface area contributed by atoms with Crippen molar-refractivity contribution in [1.82, 2.24) is 9.80 Å². The monoisotopic (exact) mass is 510 g/mol. The van der Waals surface area contributed by atoms with Crippen LogP contribution in [0.15, 0.2) is 66.7 Å². The van der Waals surface area contributed by atoms with Crippen molar-refractivity contribution in [3.8, 4) is 11.5 Å².